The van der Waals surface area contributed by atoms with Gasteiger partial charge in [0.25, 0.3) is 0 Å². The first-order valence-corrected chi connectivity index (χ1v) is 10.6. The molecule has 32 heavy (non-hydrogen) atoms. The van der Waals surface area contributed by atoms with Crippen molar-refractivity contribution >= 4 is 12.2 Å². The number of nitrogens with zero attached hydrogens (tertiary/aromatic N) is 1. The topological polar surface area (TPSA) is 67.9 Å². The maximum atomic E-state index is 12.8. The second-order valence-electron chi connectivity index (χ2n) is 7.58. The molecule has 2 amide bonds. The number of amides is 2. The third-order valence-corrected chi connectivity index (χ3v) is 5.19. The second-order valence-corrected chi connectivity index (χ2v) is 7.58. The van der Waals surface area contributed by atoms with Crippen molar-refractivity contribution < 1.29 is 19.1 Å². The summed E-state index contributed by atoms with van der Waals surface area (Å²) in [5.41, 5.74) is 1.79. The van der Waals surface area contributed by atoms with E-state index in [1.165, 1.54) is 4.90 Å². The van der Waals surface area contributed by atoms with E-state index < -0.39 is 18.2 Å². The van der Waals surface area contributed by atoms with Crippen molar-refractivity contribution in [1.29, 1.82) is 0 Å². The minimum absolute atomic E-state index is 0.110. The van der Waals surface area contributed by atoms with Crippen LogP contribution in [0.5, 0.6) is 0 Å². The Kier molecular flexibility index (Phi) is 10.0. The standard InChI is InChI=1S/C26H32N2O4/c1-5-20(3)24(27-25(29)31-18-22-13-9-7-10-14-22)17-28(21(4)6-2)26(30)32-19-23-15-11-8-12-16-23/h5-16,20-21,24H,1-2,17-19H2,3-4H3,(H,27,29)/t20-,21-,24?/m0/s1. The number of carbonyl (C=O) groups excluding carboxylic acids is 2. The fraction of sp³-hybridized carbons (Fsp3) is 0.308. The van der Waals surface area contributed by atoms with Gasteiger partial charge in [-0.15, -0.1) is 13.2 Å². The van der Waals surface area contributed by atoms with Gasteiger partial charge in [0.15, 0.2) is 0 Å². The molecule has 0 spiro atoms. The molecule has 1 N–H and O–H groups in total. The van der Waals surface area contributed by atoms with Gasteiger partial charge in [-0.25, -0.2) is 9.59 Å². The summed E-state index contributed by atoms with van der Waals surface area (Å²) in [6, 6.07) is 18.2. The minimum Gasteiger partial charge on any atom is -0.445 e. The SMILES string of the molecule is C=C[C@H](C)C(CN(C(=O)OCc1ccccc1)[C@@H](C)C=C)NC(=O)OCc1ccccc1. The fourth-order valence-electron chi connectivity index (χ4n) is 2.97. The summed E-state index contributed by atoms with van der Waals surface area (Å²) in [4.78, 5) is 26.8. The van der Waals surface area contributed by atoms with Crippen LogP contribution in [0.25, 0.3) is 0 Å². The van der Waals surface area contributed by atoms with Gasteiger partial charge in [-0.1, -0.05) is 79.7 Å². The lowest BCUT2D eigenvalue weighted by Gasteiger charge is -2.32. The molecule has 0 aromatic heterocycles. The van der Waals surface area contributed by atoms with E-state index in [2.05, 4.69) is 18.5 Å². The Bertz CT molecular complexity index is 870. The molecule has 6 nitrogen and oxygen atoms in total. The summed E-state index contributed by atoms with van der Waals surface area (Å²) in [5, 5.41) is 2.86. The average Bonchev–Trinajstić information content (AvgIpc) is 2.84. The molecule has 0 fully saturated rings. The lowest BCUT2D eigenvalue weighted by molar-refractivity contribution is 0.0811. The van der Waals surface area contributed by atoms with Crippen molar-refractivity contribution in [2.45, 2.75) is 39.1 Å². The molecule has 6 heteroatoms. The van der Waals surface area contributed by atoms with Gasteiger partial charge in [0, 0.05) is 6.54 Å². The van der Waals surface area contributed by atoms with Gasteiger partial charge >= 0.3 is 12.2 Å². The molecular weight excluding hydrogens is 404 g/mol. The summed E-state index contributed by atoms with van der Waals surface area (Å²) >= 11 is 0. The van der Waals surface area contributed by atoms with Crippen LogP contribution in [0.15, 0.2) is 86.0 Å². The molecule has 2 aromatic rings. The fourth-order valence-corrected chi connectivity index (χ4v) is 2.97. The summed E-state index contributed by atoms with van der Waals surface area (Å²) < 4.78 is 10.9. The lowest BCUT2D eigenvalue weighted by Crippen LogP contribution is -2.51. The number of hydrogen-bond acceptors (Lipinski definition) is 4. The van der Waals surface area contributed by atoms with Gasteiger partial charge in [-0.05, 0) is 24.0 Å². The van der Waals surface area contributed by atoms with Gasteiger partial charge in [0.1, 0.15) is 13.2 Å². The Morgan fingerprint density at radius 3 is 1.94 bits per heavy atom. The van der Waals surface area contributed by atoms with Gasteiger partial charge in [-0.3, -0.25) is 4.90 Å². The highest BCUT2D eigenvalue weighted by atomic mass is 16.6. The Hall–Kier alpha value is -3.54. The van der Waals surface area contributed by atoms with Crippen LogP contribution in [0.3, 0.4) is 0 Å². The van der Waals surface area contributed by atoms with E-state index in [4.69, 9.17) is 9.47 Å². The summed E-state index contributed by atoms with van der Waals surface area (Å²) in [6.45, 7) is 11.9. The Morgan fingerprint density at radius 1 is 0.906 bits per heavy atom. The van der Waals surface area contributed by atoms with E-state index in [1.807, 2.05) is 74.5 Å². The van der Waals surface area contributed by atoms with Crippen molar-refractivity contribution in [1.82, 2.24) is 10.2 Å². The third-order valence-electron chi connectivity index (χ3n) is 5.19. The molecule has 0 bridgehead atoms. The van der Waals surface area contributed by atoms with E-state index in [9.17, 15) is 9.59 Å². The van der Waals surface area contributed by atoms with Crippen LogP contribution >= 0.6 is 0 Å². The van der Waals surface area contributed by atoms with Crippen LogP contribution in [0, 0.1) is 5.92 Å². The highest BCUT2D eigenvalue weighted by Gasteiger charge is 2.27. The molecule has 2 rings (SSSR count). The highest BCUT2D eigenvalue weighted by Crippen LogP contribution is 2.13. The first-order valence-electron chi connectivity index (χ1n) is 10.6. The number of nitrogens with one attached hydrogen (secondary N) is 1. The number of alkyl carbamates (subject to hydrolysis) is 1. The zero-order valence-electron chi connectivity index (χ0n) is 18.8. The number of carbonyl (C=O) groups is 2. The minimum atomic E-state index is -0.559. The van der Waals surface area contributed by atoms with E-state index >= 15 is 0 Å². The average molecular weight is 437 g/mol. The number of hydrogen-bond donors (Lipinski definition) is 1. The molecule has 170 valence electrons. The first kappa shape index (κ1) is 24.7. The normalized spacial score (nSPS) is 13.2. The summed E-state index contributed by atoms with van der Waals surface area (Å²) in [5.74, 6) is -0.110. The maximum absolute atomic E-state index is 12.8. The van der Waals surface area contributed by atoms with Crippen LogP contribution in [0.2, 0.25) is 0 Å². The van der Waals surface area contributed by atoms with E-state index in [-0.39, 0.29) is 31.7 Å². The summed E-state index contributed by atoms with van der Waals surface area (Å²) in [6.07, 6.45) is 2.35. The monoisotopic (exact) mass is 436 g/mol. The number of benzene rings is 2. The maximum Gasteiger partial charge on any atom is 0.410 e. The molecule has 0 heterocycles. The zero-order valence-corrected chi connectivity index (χ0v) is 18.8. The van der Waals surface area contributed by atoms with Crippen LogP contribution in [-0.4, -0.2) is 35.7 Å². The van der Waals surface area contributed by atoms with Gasteiger partial charge < -0.3 is 14.8 Å². The Balaban J connectivity index is 2.02. The van der Waals surface area contributed by atoms with Crippen molar-refractivity contribution in [3.63, 3.8) is 0 Å². The van der Waals surface area contributed by atoms with Gasteiger partial charge in [0.05, 0.1) is 12.1 Å². The summed E-state index contributed by atoms with van der Waals surface area (Å²) in [7, 11) is 0. The van der Waals surface area contributed by atoms with Crippen LogP contribution in [-0.2, 0) is 22.7 Å². The highest BCUT2D eigenvalue weighted by molar-refractivity contribution is 5.70. The second kappa shape index (κ2) is 13.0. The smallest absolute Gasteiger partial charge is 0.410 e. The van der Waals surface area contributed by atoms with Crippen molar-refractivity contribution in [3.8, 4) is 0 Å². The molecule has 0 aliphatic heterocycles. The van der Waals surface area contributed by atoms with E-state index in [0.29, 0.717) is 0 Å². The third kappa shape index (κ3) is 7.95. The predicted molar refractivity (Wildman–Crippen MR) is 126 cm³/mol. The molecular formula is C26H32N2O4. The molecule has 1 unspecified atom stereocenters. The molecule has 0 saturated heterocycles. The van der Waals surface area contributed by atoms with Crippen LogP contribution in [0.1, 0.15) is 25.0 Å². The van der Waals surface area contributed by atoms with Crippen molar-refractivity contribution in [2.24, 2.45) is 5.92 Å². The molecule has 0 radical (unpaired) electrons. The van der Waals surface area contributed by atoms with Crippen molar-refractivity contribution in [2.75, 3.05) is 6.54 Å². The molecule has 0 aliphatic rings. The molecule has 0 aliphatic carbocycles. The number of rotatable bonds is 11. The molecule has 0 saturated carbocycles. The van der Waals surface area contributed by atoms with Crippen LogP contribution < -0.4 is 5.32 Å². The van der Waals surface area contributed by atoms with Gasteiger partial charge in [-0.2, -0.15) is 0 Å². The Morgan fingerprint density at radius 2 is 1.44 bits per heavy atom. The van der Waals surface area contributed by atoms with Crippen LogP contribution in [0.4, 0.5) is 9.59 Å². The lowest BCUT2D eigenvalue weighted by atomic mass is 10.0. The van der Waals surface area contributed by atoms with E-state index in [0.717, 1.165) is 11.1 Å². The molecule has 3 atom stereocenters. The zero-order chi connectivity index (χ0) is 23.3. The van der Waals surface area contributed by atoms with Crippen molar-refractivity contribution in [3.05, 3.63) is 97.1 Å². The first-order chi connectivity index (χ1) is 15.4. The number of ether oxygens (including phenoxy) is 2. The predicted octanol–water partition coefficient (Wildman–Crippen LogP) is 5.32. The Labute approximate surface area is 190 Å². The van der Waals surface area contributed by atoms with E-state index in [1.54, 1.807) is 12.2 Å². The molecule has 2 aromatic carbocycles. The largest absolute Gasteiger partial charge is 0.445 e. The quantitative estimate of drug-likeness (QED) is 0.484. The van der Waals surface area contributed by atoms with Gasteiger partial charge in [0.2, 0.25) is 0 Å².